The standard InChI is InChI=1S/C20H17Cl3FN3OS/c1-3-9-27-19(12(2)28-18-8-7-13(21)10-16(18)23)25-26-20(27)29-11-14-15(22)5-4-6-17(14)24/h3-8,10,12H,1,9,11H2,2H3. The fourth-order valence-electron chi connectivity index (χ4n) is 2.63. The first kappa shape index (κ1) is 22.0. The monoisotopic (exact) mass is 471 g/mol. The van der Waals surface area contributed by atoms with E-state index in [1.54, 1.807) is 36.4 Å². The van der Waals surface area contributed by atoms with Crippen molar-refractivity contribution in [2.45, 2.75) is 30.5 Å². The van der Waals surface area contributed by atoms with Crippen molar-refractivity contribution in [2.24, 2.45) is 0 Å². The van der Waals surface area contributed by atoms with Gasteiger partial charge in [-0.1, -0.05) is 58.7 Å². The van der Waals surface area contributed by atoms with Gasteiger partial charge in [-0.05, 0) is 37.3 Å². The fraction of sp³-hybridized carbons (Fsp3) is 0.200. The van der Waals surface area contributed by atoms with Gasteiger partial charge in [0, 0.05) is 27.9 Å². The van der Waals surface area contributed by atoms with E-state index in [0.717, 1.165) is 0 Å². The summed E-state index contributed by atoms with van der Waals surface area (Å²) in [5, 5.41) is 10.4. The molecule has 4 nitrogen and oxygen atoms in total. The lowest BCUT2D eigenvalue weighted by atomic mass is 10.2. The topological polar surface area (TPSA) is 39.9 Å². The van der Waals surface area contributed by atoms with Gasteiger partial charge in [0.15, 0.2) is 17.1 Å². The largest absolute Gasteiger partial charge is 0.481 e. The summed E-state index contributed by atoms with van der Waals surface area (Å²) in [5.41, 5.74) is 0.422. The van der Waals surface area contributed by atoms with Crippen LogP contribution in [0, 0.1) is 5.82 Å². The number of thioether (sulfide) groups is 1. The van der Waals surface area contributed by atoms with Crippen molar-refractivity contribution in [3.63, 3.8) is 0 Å². The molecule has 0 aliphatic carbocycles. The maximum atomic E-state index is 14.0. The molecule has 3 aromatic rings. The molecule has 0 aliphatic rings. The predicted octanol–water partition coefficient (Wildman–Crippen LogP) is 7.00. The Hall–Kier alpha value is -1.73. The van der Waals surface area contributed by atoms with Gasteiger partial charge in [0.2, 0.25) is 0 Å². The summed E-state index contributed by atoms with van der Waals surface area (Å²) in [6, 6.07) is 9.62. The van der Waals surface area contributed by atoms with Crippen molar-refractivity contribution in [3.05, 3.63) is 81.3 Å². The molecule has 152 valence electrons. The van der Waals surface area contributed by atoms with E-state index >= 15 is 0 Å². The summed E-state index contributed by atoms with van der Waals surface area (Å²) in [6.07, 6.45) is 1.29. The third-order valence-corrected chi connectivity index (χ3v) is 5.90. The Labute approximate surface area is 187 Å². The van der Waals surface area contributed by atoms with Crippen LogP contribution >= 0.6 is 46.6 Å². The lowest BCUT2D eigenvalue weighted by Gasteiger charge is -2.16. The van der Waals surface area contributed by atoms with Crippen molar-refractivity contribution in [1.82, 2.24) is 14.8 Å². The number of halogens is 4. The summed E-state index contributed by atoms with van der Waals surface area (Å²) >= 11 is 19.6. The first-order valence-electron chi connectivity index (χ1n) is 8.62. The van der Waals surface area contributed by atoms with Crippen molar-refractivity contribution in [2.75, 3.05) is 0 Å². The average Bonchev–Trinajstić information content (AvgIpc) is 3.07. The van der Waals surface area contributed by atoms with Crippen LogP contribution in [-0.4, -0.2) is 14.8 Å². The Kier molecular flexibility index (Phi) is 7.46. The molecule has 1 unspecified atom stereocenters. The van der Waals surface area contributed by atoms with E-state index in [-0.39, 0.29) is 5.82 Å². The van der Waals surface area contributed by atoms with Gasteiger partial charge < -0.3 is 4.74 Å². The van der Waals surface area contributed by atoms with Crippen LogP contribution < -0.4 is 4.74 Å². The molecule has 0 N–H and O–H groups in total. The molecule has 2 aromatic carbocycles. The van der Waals surface area contributed by atoms with Crippen molar-refractivity contribution in [1.29, 1.82) is 0 Å². The normalized spacial score (nSPS) is 12.0. The molecule has 9 heteroatoms. The van der Waals surface area contributed by atoms with E-state index in [0.29, 0.717) is 49.7 Å². The Bertz CT molecular complexity index is 1010. The summed E-state index contributed by atoms with van der Waals surface area (Å²) in [7, 11) is 0. The first-order valence-corrected chi connectivity index (χ1v) is 10.7. The number of ether oxygens (including phenoxy) is 1. The molecule has 0 bridgehead atoms. The molecule has 0 saturated heterocycles. The van der Waals surface area contributed by atoms with E-state index in [4.69, 9.17) is 39.5 Å². The van der Waals surface area contributed by atoms with Crippen molar-refractivity contribution >= 4 is 46.6 Å². The second-order valence-corrected chi connectivity index (χ2v) is 8.26. The minimum Gasteiger partial charge on any atom is -0.481 e. The Morgan fingerprint density at radius 1 is 1.21 bits per heavy atom. The average molecular weight is 473 g/mol. The second kappa shape index (κ2) is 9.85. The predicted molar refractivity (Wildman–Crippen MR) is 117 cm³/mol. The summed E-state index contributed by atoms with van der Waals surface area (Å²) in [5.74, 6) is 1.05. The highest BCUT2D eigenvalue weighted by Crippen LogP contribution is 2.33. The van der Waals surface area contributed by atoms with E-state index < -0.39 is 6.10 Å². The van der Waals surface area contributed by atoms with Crippen molar-refractivity contribution < 1.29 is 9.13 Å². The van der Waals surface area contributed by atoms with E-state index in [2.05, 4.69) is 16.8 Å². The van der Waals surface area contributed by atoms with Crippen LogP contribution in [0.1, 0.15) is 24.4 Å². The van der Waals surface area contributed by atoms with Crippen LogP contribution in [0.5, 0.6) is 5.75 Å². The summed E-state index contributed by atoms with van der Waals surface area (Å²) in [6.45, 7) is 6.10. The molecule has 0 radical (unpaired) electrons. The van der Waals surface area contributed by atoms with Crippen LogP contribution in [-0.2, 0) is 12.3 Å². The Balaban J connectivity index is 1.81. The minimum absolute atomic E-state index is 0.318. The zero-order chi connectivity index (χ0) is 21.0. The Morgan fingerprint density at radius 3 is 2.69 bits per heavy atom. The summed E-state index contributed by atoms with van der Waals surface area (Å²) in [4.78, 5) is 0. The Morgan fingerprint density at radius 2 is 2.00 bits per heavy atom. The maximum absolute atomic E-state index is 14.0. The molecule has 0 fully saturated rings. The van der Waals surface area contributed by atoms with Gasteiger partial charge >= 0.3 is 0 Å². The van der Waals surface area contributed by atoms with Crippen LogP contribution in [0.4, 0.5) is 4.39 Å². The molecule has 1 heterocycles. The van der Waals surface area contributed by atoms with Crippen LogP contribution in [0.3, 0.4) is 0 Å². The number of aromatic nitrogens is 3. The zero-order valence-electron chi connectivity index (χ0n) is 15.4. The molecule has 0 saturated carbocycles. The molecule has 0 aliphatic heterocycles. The lowest BCUT2D eigenvalue weighted by Crippen LogP contribution is -2.12. The second-order valence-electron chi connectivity index (χ2n) is 6.06. The highest BCUT2D eigenvalue weighted by Gasteiger charge is 2.20. The molecular formula is C20H17Cl3FN3OS. The third-order valence-electron chi connectivity index (χ3n) is 4.03. The molecule has 0 spiro atoms. The van der Waals surface area contributed by atoms with Gasteiger partial charge in [0.05, 0.1) is 5.02 Å². The zero-order valence-corrected chi connectivity index (χ0v) is 18.5. The molecule has 0 amide bonds. The molecule has 1 atom stereocenters. The smallest absolute Gasteiger partial charge is 0.191 e. The molecule has 29 heavy (non-hydrogen) atoms. The highest BCUT2D eigenvalue weighted by molar-refractivity contribution is 7.98. The number of benzene rings is 2. The fourth-order valence-corrected chi connectivity index (χ4v) is 4.38. The molecule has 1 aromatic heterocycles. The SMILES string of the molecule is C=CCn1c(SCc2c(F)cccc2Cl)nnc1C(C)Oc1ccc(Cl)cc1Cl. The number of allylic oxidation sites excluding steroid dienone is 1. The van der Waals surface area contributed by atoms with Crippen LogP contribution in [0.2, 0.25) is 15.1 Å². The first-order chi connectivity index (χ1) is 13.9. The third kappa shape index (κ3) is 5.25. The van der Waals surface area contributed by atoms with E-state index in [1.807, 2.05) is 11.5 Å². The van der Waals surface area contributed by atoms with Crippen LogP contribution in [0.25, 0.3) is 0 Å². The summed E-state index contributed by atoms with van der Waals surface area (Å²) < 4.78 is 21.9. The highest BCUT2D eigenvalue weighted by atomic mass is 35.5. The van der Waals surface area contributed by atoms with E-state index in [9.17, 15) is 4.39 Å². The molecule has 3 rings (SSSR count). The maximum Gasteiger partial charge on any atom is 0.191 e. The van der Waals surface area contributed by atoms with Gasteiger partial charge in [-0.15, -0.1) is 16.8 Å². The minimum atomic E-state index is -0.437. The van der Waals surface area contributed by atoms with Gasteiger partial charge in [0.25, 0.3) is 0 Å². The number of hydrogen-bond acceptors (Lipinski definition) is 4. The van der Waals surface area contributed by atoms with Gasteiger partial charge in [-0.3, -0.25) is 4.57 Å². The number of nitrogens with zero attached hydrogens (tertiary/aromatic N) is 3. The quantitative estimate of drug-likeness (QED) is 0.261. The van der Waals surface area contributed by atoms with E-state index in [1.165, 1.54) is 17.8 Å². The van der Waals surface area contributed by atoms with Crippen LogP contribution in [0.15, 0.2) is 54.2 Å². The lowest BCUT2D eigenvalue weighted by molar-refractivity contribution is 0.210. The number of rotatable bonds is 8. The van der Waals surface area contributed by atoms with Gasteiger partial charge in [0.1, 0.15) is 11.6 Å². The van der Waals surface area contributed by atoms with Gasteiger partial charge in [-0.25, -0.2) is 4.39 Å². The molecular weight excluding hydrogens is 456 g/mol. The van der Waals surface area contributed by atoms with Crippen molar-refractivity contribution in [3.8, 4) is 5.75 Å². The van der Waals surface area contributed by atoms with Gasteiger partial charge in [-0.2, -0.15) is 0 Å². The number of hydrogen-bond donors (Lipinski definition) is 0.